The number of carbonyl (C=O) groups is 1. The molecule has 1 amide bonds. The number of nitrogens with one attached hydrogen (secondary N) is 1. The molecule has 2 N–H and O–H groups in total. The van der Waals surface area contributed by atoms with Gasteiger partial charge in [-0.3, -0.25) is 14.2 Å². The van der Waals surface area contributed by atoms with Crippen molar-refractivity contribution in [1.29, 1.82) is 0 Å². The molecule has 2 aromatic carbocycles. The molecule has 2 aromatic heterocycles. The molecule has 8 nitrogen and oxygen atoms in total. The number of hydrogen-bond donors (Lipinski definition) is 2. The first-order chi connectivity index (χ1) is 17.1. The molecule has 2 atom stereocenters. The number of rotatable bonds is 6. The number of halogens is 3. The van der Waals surface area contributed by atoms with Crippen molar-refractivity contribution in [2.45, 2.75) is 24.9 Å². The Morgan fingerprint density at radius 1 is 1.11 bits per heavy atom. The predicted molar refractivity (Wildman–Crippen MR) is 124 cm³/mol. The van der Waals surface area contributed by atoms with Gasteiger partial charge in [0.15, 0.2) is 5.69 Å². The highest BCUT2D eigenvalue weighted by Gasteiger charge is 2.38. The second kappa shape index (κ2) is 9.68. The highest BCUT2D eigenvalue weighted by atomic mass is 19.4. The lowest BCUT2D eigenvalue weighted by Crippen LogP contribution is -2.30. The number of alkyl halides is 3. The van der Waals surface area contributed by atoms with Crippen LogP contribution in [0.2, 0.25) is 0 Å². The van der Waals surface area contributed by atoms with Crippen LogP contribution >= 0.6 is 0 Å². The summed E-state index contributed by atoms with van der Waals surface area (Å²) in [6.45, 7) is 1.62. The third-order valence-corrected chi connectivity index (χ3v) is 5.87. The topological polar surface area (TPSA) is 110 Å². The molecule has 0 aliphatic heterocycles. The van der Waals surface area contributed by atoms with E-state index >= 15 is 0 Å². The summed E-state index contributed by atoms with van der Waals surface area (Å²) in [7, 11) is 1.33. The average molecular weight is 498 g/mol. The van der Waals surface area contributed by atoms with E-state index in [0.717, 1.165) is 16.9 Å². The first kappa shape index (κ1) is 24.7. The van der Waals surface area contributed by atoms with Crippen LogP contribution in [0.4, 0.5) is 18.9 Å². The summed E-state index contributed by atoms with van der Waals surface area (Å²) in [6.07, 6.45) is -2.28. The molecule has 11 heteroatoms. The number of nitrogens with zero attached hydrogens (tertiary/aromatic N) is 3. The number of aromatic hydroxyl groups is 1. The minimum atomic E-state index is -4.62. The van der Waals surface area contributed by atoms with Gasteiger partial charge in [-0.15, -0.1) is 0 Å². The van der Waals surface area contributed by atoms with Crippen molar-refractivity contribution < 1.29 is 27.6 Å². The maximum atomic E-state index is 14.0. The smallest absolute Gasteiger partial charge is 0.416 e. The molecule has 0 saturated heterocycles. The summed E-state index contributed by atoms with van der Waals surface area (Å²) in [5, 5.41) is 16.2. The average Bonchev–Trinajstić information content (AvgIpc) is 3.36. The molecule has 0 saturated carbocycles. The van der Waals surface area contributed by atoms with Crippen LogP contribution in [0.3, 0.4) is 0 Å². The van der Waals surface area contributed by atoms with Gasteiger partial charge in [0, 0.05) is 18.9 Å². The van der Waals surface area contributed by atoms with Crippen molar-refractivity contribution in [3.05, 3.63) is 106 Å². The fraction of sp³-hybridized carbons (Fsp3) is 0.200. The van der Waals surface area contributed by atoms with Crippen LogP contribution < -0.4 is 10.9 Å². The molecule has 0 fully saturated rings. The fourth-order valence-corrected chi connectivity index (χ4v) is 4.20. The van der Waals surface area contributed by atoms with Gasteiger partial charge in [0.1, 0.15) is 17.8 Å². The Balaban J connectivity index is 1.88. The molecule has 0 unspecified atom stereocenters. The van der Waals surface area contributed by atoms with Crippen LogP contribution in [0.25, 0.3) is 0 Å². The second-order valence-corrected chi connectivity index (χ2v) is 8.16. The van der Waals surface area contributed by atoms with Gasteiger partial charge in [0.2, 0.25) is 5.75 Å². The minimum Gasteiger partial charge on any atom is -0.501 e. The SMILES string of the molecule is C[C@@H](c1nc(C(=O)Nc2cnoc2)c(O)c(=O)n1C)[C@H](c1ccccc1)c1ccccc1C(F)(F)F. The summed E-state index contributed by atoms with van der Waals surface area (Å²) in [5.74, 6) is -3.50. The highest BCUT2D eigenvalue weighted by Crippen LogP contribution is 2.43. The minimum absolute atomic E-state index is 0.0125. The van der Waals surface area contributed by atoms with Gasteiger partial charge in [-0.25, -0.2) is 4.98 Å². The van der Waals surface area contributed by atoms with Crippen molar-refractivity contribution in [2.75, 3.05) is 5.32 Å². The van der Waals surface area contributed by atoms with Crippen LogP contribution in [0.5, 0.6) is 5.75 Å². The van der Waals surface area contributed by atoms with Crippen LogP contribution in [-0.2, 0) is 13.2 Å². The fourth-order valence-electron chi connectivity index (χ4n) is 4.20. The van der Waals surface area contributed by atoms with Gasteiger partial charge in [-0.05, 0) is 17.2 Å². The molecule has 4 rings (SSSR count). The predicted octanol–water partition coefficient (Wildman–Crippen LogP) is 4.68. The molecule has 186 valence electrons. The Kier molecular flexibility index (Phi) is 6.65. The van der Waals surface area contributed by atoms with Crippen molar-refractivity contribution in [1.82, 2.24) is 14.7 Å². The quantitative estimate of drug-likeness (QED) is 0.400. The number of anilines is 1. The molecule has 0 bridgehead atoms. The Morgan fingerprint density at radius 3 is 2.42 bits per heavy atom. The highest BCUT2D eigenvalue weighted by molar-refractivity contribution is 6.04. The van der Waals surface area contributed by atoms with E-state index in [1.165, 1.54) is 31.4 Å². The molecule has 0 spiro atoms. The largest absolute Gasteiger partial charge is 0.501 e. The van der Waals surface area contributed by atoms with Gasteiger partial charge >= 0.3 is 6.18 Å². The zero-order valence-electron chi connectivity index (χ0n) is 19.2. The third-order valence-electron chi connectivity index (χ3n) is 5.87. The molecular formula is C25H21F3N4O4. The normalized spacial score (nSPS) is 13.2. The standard InChI is InChI=1S/C25H21F3N4O4/c1-14(19(15-8-4-3-5-9-15)17-10-6-7-11-18(17)25(26,27)28)22-31-20(21(33)24(35)32(22)2)23(34)30-16-12-29-36-13-16/h3-14,19,33H,1-2H3,(H,30,34)/t14-,19-/m1/s1. The van der Waals surface area contributed by atoms with E-state index < -0.39 is 46.5 Å². The molecule has 2 heterocycles. The number of hydrogen-bond acceptors (Lipinski definition) is 6. The van der Waals surface area contributed by atoms with E-state index in [1.807, 2.05) is 0 Å². The monoisotopic (exact) mass is 498 g/mol. The van der Waals surface area contributed by atoms with Gasteiger partial charge in [0.25, 0.3) is 11.5 Å². The molecule has 0 radical (unpaired) electrons. The van der Waals surface area contributed by atoms with E-state index in [9.17, 15) is 27.9 Å². The lowest BCUT2D eigenvalue weighted by molar-refractivity contribution is -0.138. The van der Waals surface area contributed by atoms with Crippen molar-refractivity contribution in [2.24, 2.45) is 7.05 Å². The number of benzene rings is 2. The molecule has 0 aliphatic carbocycles. The Labute approximate surface area is 203 Å². The first-order valence-corrected chi connectivity index (χ1v) is 10.8. The number of carbonyl (C=O) groups excluding carboxylic acids is 1. The van der Waals surface area contributed by atoms with Gasteiger partial charge in [-0.2, -0.15) is 13.2 Å². The van der Waals surface area contributed by atoms with Crippen LogP contribution in [0, 0.1) is 0 Å². The molecular weight excluding hydrogens is 477 g/mol. The Bertz CT molecular complexity index is 1430. The van der Waals surface area contributed by atoms with Gasteiger partial charge in [-0.1, -0.05) is 60.6 Å². The van der Waals surface area contributed by atoms with Gasteiger partial charge in [0.05, 0.1) is 11.8 Å². The van der Waals surface area contributed by atoms with E-state index in [2.05, 4.69) is 20.0 Å². The Hall–Kier alpha value is -4.41. The zero-order valence-corrected chi connectivity index (χ0v) is 19.2. The van der Waals surface area contributed by atoms with Crippen LogP contribution in [0.15, 0.2) is 76.4 Å². The van der Waals surface area contributed by atoms with Crippen LogP contribution in [0.1, 0.15) is 51.8 Å². The number of aromatic nitrogens is 3. The van der Waals surface area contributed by atoms with Crippen LogP contribution in [-0.4, -0.2) is 25.7 Å². The first-order valence-electron chi connectivity index (χ1n) is 10.8. The van der Waals surface area contributed by atoms with E-state index in [1.54, 1.807) is 37.3 Å². The van der Waals surface area contributed by atoms with Gasteiger partial charge < -0.3 is 14.9 Å². The molecule has 36 heavy (non-hydrogen) atoms. The maximum absolute atomic E-state index is 14.0. The summed E-state index contributed by atoms with van der Waals surface area (Å²) >= 11 is 0. The maximum Gasteiger partial charge on any atom is 0.416 e. The summed E-state index contributed by atoms with van der Waals surface area (Å²) in [6, 6.07) is 13.7. The van der Waals surface area contributed by atoms with Crippen molar-refractivity contribution in [3.63, 3.8) is 0 Å². The summed E-state index contributed by atoms with van der Waals surface area (Å²) < 4.78 is 47.6. The van der Waals surface area contributed by atoms with E-state index in [0.29, 0.717) is 5.56 Å². The Morgan fingerprint density at radius 2 is 1.78 bits per heavy atom. The lowest BCUT2D eigenvalue weighted by Gasteiger charge is -2.28. The third kappa shape index (κ3) is 4.72. The van der Waals surface area contributed by atoms with Crippen molar-refractivity contribution >= 4 is 11.6 Å². The summed E-state index contributed by atoms with van der Waals surface area (Å²) in [5.41, 5.74) is -1.60. The number of amides is 1. The zero-order chi connectivity index (χ0) is 26.0. The van der Waals surface area contributed by atoms with E-state index in [4.69, 9.17) is 0 Å². The second-order valence-electron chi connectivity index (χ2n) is 8.16. The van der Waals surface area contributed by atoms with E-state index in [-0.39, 0.29) is 17.1 Å². The molecule has 4 aromatic rings. The molecule has 0 aliphatic rings. The summed E-state index contributed by atoms with van der Waals surface area (Å²) in [4.78, 5) is 29.8. The van der Waals surface area contributed by atoms with Crippen molar-refractivity contribution in [3.8, 4) is 5.75 Å². The lowest BCUT2D eigenvalue weighted by atomic mass is 9.79.